The van der Waals surface area contributed by atoms with Crippen LogP contribution in [0.25, 0.3) is 0 Å². The molecule has 0 aromatic carbocycles. The molecule has 2 rings (SSSR count). The van der Waals surface area contributed by atoms with E-state index < -0.39 is 0 Å². The van der Waals surface area contributed by atoms with Crippen LogP contribution in [0.1, 0.15) is 35.9 Å². The molecule has 1 amide bonds. The zero-order chi connectivity index (χ0) is 17.2. The molecule has 132 valence electrons. The summed E-state index contributed by atoms with van der Waals surface area (Å²) in [5.41, 5.74) is 0. The van der Waals surface area contributed by atoms with Crippen molar-refractivity contribution in [2.45, 2.75) is 45.3 Å². The Morgan fingerprint density at radius 3 is 2.29 bits per heavy atom. The molecule has 2 heterocycles. The van der Waals surface area contributed by atoms with Gasteiger partial charge in [-0.2, -0.15) is 0 Å². The van der Waals surface area contributed by atoms with Crippen molar-refractivity contribution in [2.75, 3.05) is 13.7 Å². The van der Waals surface area contributed by atoms with Gasteiger partial charge in [0.15, 0.2) is 0 Å². The Hall–Kier alpha value is -1.37. The van der Waals surface area contributed by atoms with Crippen LogP contribution in [0, 0.1) is 0 Å². The molecule has 6 heteroatoms. The maximum Gasteiger partial charge on any atom is 0.410 e. The number of nitrogens with zero attached hydrogens (tertiary/aromatic N) is 1. The van der Waals surface area contributed by atoms with Crippen LogP contribution >= 0.6 is 22.7 Å². The van der Waals surface area contributed by atoms with Crippen LogP contribution in [-0.2, 0) is 17.8 Å². The van der Waals surface area contributed by atoms with Crippen molar-refractivity contribution in [2.24, 2.45) is 0 Å². The van der Waals surface area contributed by atoms with Crippen molar-refractivity contribution in [3.05, 3.63) is 44.8 Å². The molecule has 0 fully saturated rings. The fraction of sp³-hybridized carbons (Fsp3) is 0.500. The average Bonchev–Trinajstić information content (AvgIpc) is 3.28. The summed E-state index contributed by atoms with van der Waals surface area (Å²) in [5, 5.41) is 7.30. The molecule has 0 aliphatic heterocycles. The summed E-state index contributed by atoms with van der Waals surface area (Å²) in [5.74, 6) is 0. The van der Waals surface area contributed by atoms with Crippen molar-refractivity contribution in [3.63, 3.8) is 0 Å². The highest BCUT2D eigenvalue weighted by molar-refractivity contribution is 7.10. The Bertz CT molecular complexity index is 534. The number of unbranched alkanes of at least 4 members (excludes halogenated alkanes) is 1. The molecule has 0 unspecified atom stereocenters. The van der Waals surface area contributed by atoms with Gasteiger partial charge >= 0.3 is 6.09 Å². The third kappa shape index (κ3) is 6.26. The largest absolute Gasteiger partial charge is 0.448 e. The third-order valence-corrected chi connectivity index (χ3v) is 5.56. The van der Waals surface area contributed by atoms with E-state index in [1.807, 2.05) is 29.9 Å². The molecular weight excluding hydrogens is 340 g/mol. The monoisotopic (exact) mass is 366 g/mol. The van der Waals surface area contributed by atoms with Gasteiger partial charge in [0.25, 0.3) is 0 Å². The number of rotatable bonds is 10. The summed E-state index contributed by atoms with van der Waals surface area (Å²) in [6, 6.07) is 8.35. The summed E-state index contributed by atoms with van der Waals surface area (Å²) in [7, 11) is 1.92. The van der Waals surface area contributed by atoms with Crippen LogP contribution in [0.4, 0.5) is 4.79 Å². The van der Waals surface area contributed by atoms with Gasteiger partial charge in [-0.25, -0.2) is 4.79 Å². The third-order valence-electron chi connectivity index (χ3n) is 3.83. The quantitative estimate of drug-likeness (QED) is 0.661. The standard InChI is InChI=1S/C18H26N2O2S2/c1-3-4-7-15(19-2)14-22-18(21)20(12-16-8-5-10-23-16)13-17-9-6-11-24-17/h5-6,8-11,15,19H,3-4,7,12-14H2,1-2H3/t15-/m1/s1. The van der Waals surface area contributed by atoms with Crippen LogP contribution in [0.15, 0.2) is 35.0 Å². The van der Waals surface area contributed by atoms with Crippen molar-refractivity contribution < 1.29 is 9.53 Å². The molecule has 0 saturated heterocycles. The first-order chi connectivity index (χ1) is 11.7. The summed E-state index contributed by atoms with van der Waals surface area (Å²) in [6.07, 6.45) is 3.07. The molecule has 0 aliphatic carbocycles. The lowest BCUT2D eigenvalue weighted by molar-refractivity contribution is 0.0882. The lowest BCUT2D eigenvalue weighted by Gasteiger charge is -2.23. The van der Waals surface area contributed by atoms with E-state index in [2.05, 4.69) is 24.4 Å². The molecular formula is C18H26N2O2S2. The molecule has 2 aromatic heterocycles. The summed E-state index contributed by atoms with van der Waals surface area (Å²) >= 11 is 3.33. The molecule has 0 aliphatic rings. The zero-order valence-corrected chi connectivity index (χ0v) is 16.0. The van der Waals surface area contributed by atoms with E-state index in [1.165, 1.54) is 9.75 Å². The minimum atomic E-state index is -0.242. The normalized spacial score (nSPS) is 12.1. The van der Waals surface area contributed by atoms with Gasteiger partial charge in [0.2, 0.25) is 0 Å². The molecule has 2 aromatic rings. The number of amides is 1. The molecule has 4 nitrogen and oxygen atoms in total. The summed E-state index contributed by atoms with van der Waals surface area (Å²) in [6.45, 7) is 3.77. The SMILES string of the molecule is CCCC[C@H](COC(=O)N(Cc1cccs1)Cc1cccs1)NC. The molecule has 1 atom stereocenters. The van der Waals surface area contributed by atoms with Crippen LogP contribution in [0.2, 0.25) is 0 Å². The van der Waals surface area contributed by atoms with Gasteiger partial charge in [-0.1, -0.05) is 31.9 Å². The average molecular weight is 367 g/mol. The van der Waals surface area contributed by atoms with Crippen molar-refractivity contribution in [3.8, 4) is 0 Å². The highest BCUT2D eigenvalue weighted by Crippen LogP contribution is 2.18. The second-order valence-corrected chi connectivity index (χ2v) is 7.78. The number of ether oxygens (including phenoxy) is 1. The smallest absolute Gasteiger partial charge is 0.410 e. The second-order valence-electron chi connectivity index (χ2n) is 5.72. The van der Waals surface area contributed by atoms with Crippen molar-refractivity contribution in [1.29, 1.82) is 0 Å². The predicted molar refractivity (Wildman–Crippen MR) is 102 cm³/mol. The van der Waals surface area contributed by atoms with E-state index in [0.717, 1.165) is 19.3 Å². The van der Waals surface area contributed by atoms with Gasteiger partial charge in [-0.05, 0) is 36.4 Å². The minimum Gasteiger partial charge on any atom is -0.448 e. The maximum absolute atomic E-state index is 12.6. The topological polar surface area (TPSA) is 41.6 Å². The van der Waals surface area contributed by atoms with Crippen LogP contribution in [0.5, 0.6) is 0 Å². The first kappa shape index (κ1) is 19.0. The Kier molecular flexibility index (Phi) is 8.28. The van der Waals surface area contributed by atoms with Crippen LogP contribution < -0.4 is 5.32 Å². The van der Waals surface area contributed by atoms with E-state index in [9.17, 15) is 4.79 Å². The number of hydrogen-bond donors (Lipinski definition) is 1. The zero-order valence-electron chi connectivity index (χ0n) is 14.4. The molecule has 0 saturated carbocycles. The molecule has 0 bridgehead atoms. The van der Waals surface area contributed by atoms with Gasteiger partial charge in [-0.15, -0.1) is 22.7 Å². The minimum absolute atomic E-state index is 0.222. The summed E-state index contributed by atoms with van der Waals surface area (Å²) in [4.78, 5) is 16.7. The Morgan fingerprint density at radius 2 is 1.83 bits per heavy atom. The molecule has 0 spiro atoms. The number of likely N-dealkylation sites (N-methyl/N-ethyl adjacent to an activating group) is 1. The highest BCUT2D eigenvalue weighted by Gasteiger charge is 2.18. The van der Waals surface area contributed by atoms with Gasteiger partial charge in [-0.3, -0.25) is 4.90 Å². The van der Waals surface area contributed by atoms with Crippen LogP contribution in [0.3, 0.4) is 0 Å². The van der Waals surface area contributed by atoms with Gasteiger partial charge in [0, 0.05) is 15.8 Å². The lowest BCUT2D eigenvalue weighted by atomic mass is 10.1. The highest BCUT2D eigenvalue weighted by atomic mass is 32.1. The maximum atomic E-state index is 12.6. The Balaban J connectivity index is 1.93. The van der Waals surface area contributed by atoms with E-state index >= 15 is 0 Å². The van der Waals surface area contributed by atoms with Gasteiger partial charge in [0.05, 0.1) is 13.1 Å². The van der Waals surface area contributed by atoms with Gasteiger partial charge in [0.1, 0.15) is 6.61 Å². The first-order valence-electron chi connectivity index (χ1n) is 8.36. The predicted octanol–water partition coefficient (Wildman–Crippen LogP) is 4.73. The van der Waals surface area contributed by atoms with Crippen molar-refractivity contribution in [1.82, 2.24) is 10.2 Å². The van der Waals surface area contributed by atoms with Crippen molar-refractivity contribution >= 4 is 28.8 Å². The molecule has 0 radical (unpaired) electrons. The fourth-order valence-electron chi connectivity index (χ4n) is 2.39. The van der Waals surface area contributed by atoms with Gasteiger partial charge < -0.3 is 10.1 Å². The molecule has 24 heavy (non-hydrogen) atoms. The number of carbonyl (C=O) groups is 1. The Labute approximate surface area is 152 Å². The number of thiophene rings is 2. The van der Waals surface area contributed by atoms with Crippen LogP contribution in [-0.4, -0.2) is 30.7 Å². The number of hydrogen-bond acceptors (Lipinski definition) is 5. The van der Waals surface area contributed by atoms with E-state index in [1.54, 1.807) is 27.6 Å². The molecule has 1 N–H and O–H groups in total. The van der Waals surface area contributed by atoms with E-state index in [-0.39, 0.29) is 12.1 Å². The Morgan fingerprint density at radius 1 is 1.21 bits per heavy atom. The number of nitrogens with one attached hydrogen (secondary N) is 1. The van der Waals surface area contributed by atoms with E-state index in [4.69, 9.17) is 4.74 Å². The fourth-order valence-corrected chi connectivity index (χ4v) is 3.83. The second kappa shape index (κ2) is 10.5. The lowest BCUT2D eigenvalue weighted by Crippen LogP contribution is -2.36. The first-order valence-corrected chi connectivity index (χ1v) is 10.1. The van der Waals surface area contributed by atoms with E-state index in [0.29, 0.717) is 19.7 Å². The summed E-state index contributed by atoms with van der Waals surface area (Å²) < 4.78 is 5.59. The number of carbonyl (C=O) groups excluding carboxylic acids is 1.